The van der Waals surface area contributed by atoms with E-state index in [2.05, 4.69) is 30.5 Å². The van der Waals surface area contributed by atoms with E-state index in [9.17, 15) is 4.79 Å². The van der Waals surface area contributed by atoms with Gasteiger partial charge in [0, 0.05) is 29.9 Å². The van der Waals surface area contributed by atoms with Gasteiger partial charge in [-0.25, -0.2) is 4.98 Å². The number of imidazole rings is 1. The molecule has 0 N–H and O–H groups in total. The summed E-state index contributed by atoms with van der Waals surface area (Å²) >= 11 is 6.07. The monoisotopic (exact) mass is 407 g/mol. The van der Waals surface area contributed by atoms with Crippen molar-refractivity contribution < 1.29 is 4.79 Å². The Labute approximate surface area is 177 Å². The summed E-state index contributed by atoms with van der Waals surface area (Å²) in [5, 5.41) is 0.696. The van der Waals surface area contributed by atoms with Gasteiger partial charge in [0.15, 0.2) is 5.69 Å². The zero-order valence-corrected chi connectivity index (χ0v) is 18.0. The van der Waals surface area contributed by atoms with E-state index >= 15 is 0 Å². The van der Waals surface area contributed by atoms with Gasteiger partial charge in [0.05, 0.1) is 5.69 Å². The highest BCUT2D eigenvalue weighted by Crippen LogP contribution is 2.29. The van der Waals surface area contributed by atoms with E-state index in [0.717, 1.165) is 48.6 Å². The molecule has 2 heterocycles. The van der Waals surface area contributed by atoms with Crippen molar-refractivity contribution in [3.63, 3.8) is 0 Å². The second-order valence-corrected chi connectivity index (χ2v) is 8.27. The SMILES string of the molecule is Cc1ccc(N(C)C(=O)c2nc(-c3ccc(Cl)cc3)n3c2CCCCC3)cc1C. The largest absolute Gasteiger partial charge is 0.327 e. The number of aryl methyl sites for hydroxylation is 2. The van der Waals surface area contributed by atoms with E-state index in [4.69, 9.17) is 16.6 Å². The highest BCUT2D eigenvalue weighted by atomic mass is 35.5. The summed E-state index contributed by atoms with van der Waals surface area (Å²) in [5.41, 5.74) is 5.89. The number of carbonyl (C=O) groups excluding carboxylic acids is 1. The first-order valence-electron chi connectivity index (χ1n) is 10.2. The molecule has 1 aliphatic heterocycles. The summed E-state index contributed by atoms with van der Waals surface area (Å²) in [6.07, 6.45) is 4.23. The Morgan fingerprint density at radius 1 is 1.03 bits per heavy atom. The first-order chi connectivity index (χ1) is 14.0. The number of hydrogen-bond acceptors (Lipinski definition) is 2. The fourth-order valence-corrected chi connectivity index (χ4v) is 4.05. The number of carbonyl (C=O) groups is 1. The molecule has 0 spiro atoms. The second kappa shape index (κ2) is 8.03. The van der Waals surface area contributed by atoms with Gasteiger partial charge in [-0.05, 0) is 80.6 Å². The quantitative estimate of drug-likeness (QED) is 0.548. The third kappa shape index (κ3) is 3.82. The molecule has 0 fully saturated rings. The second-order valence-electron chi connectivity index (χ2n) is 7.83. The summed E-state index contributed by atoms with van der Waals surface area (Å²) < 4.78 is 2.23. The molecule has 2 aromatic carbocycles. The molecule has 0 saturated carbocycles. The molecule has 3 aromatic rings. The standard InChI is InChI=1S/C24H26ClN3O/c1-16-8-13-20(15-17(16)2)27(3)24(29)22-21-7-5-4-6-14-28(21)23(26-22)18-9-11-19(25)12-10-18/h8-13,15H,4-7,14H2,1-3H3. The van der Waals surface area contributed by atoms with Crippen LogP contribution in [0, 0.1) is 13.8 Å². The number of anilines is 1. The minimum absolute atomic E-state index is 0.0564. The number of hydrogen-bond donors (Lipinski definition) is 0. The minimum atomic E-state index is -0.0564. The molecule has 4 nitrogen and oxygen atoms in total. The van der Waals surface area contributed by atoms with E-state index in [-0.39, 0.29) is 5.91 Å². The smallest absolute Gasteiger partial charge is 0.278 e. The molecule has 0 atom stereocenters. The van der Waals surface area contributed by atoms with Crippen LogP contribution in [0.3, 0.4) is 0 Å². The first-order valence-corrected chi connectivity index (χ1v) is 10.5. The van der Waals surface area contributed by atoms with Crippen LogP contribution in [0.4, 0.5) is 5.69 Å². The molecule has 4 rings (SSSR count). The van der Waals surface area contributed by atoms with Crippen LogP contribution in [0.5, 0.6) is 0 Å². The number of fused-ring (bicyclic) bond motifs is 1. The molecule has 0 saturated heterocycles. The molecule has 1 aliphatic rings. The zero-order valence-electron chi connectivity index (χ0n) is 17.2. The average Bonchev–Trinajstić information content (AvgIpc) is 2.90. The fourth-order valence-electron chi connectivity index (χ4n) is 3.92. The topological polar surface area (TPSA) is 38.1 Å². The van der Waals surface area contributed by atoms with Crippen LogP contribution in [0.25, 0.3) is 11.4 Å². The normalized spacial score (nSPS) is 13.7. The van der Waals surface area contributed by atoms with Crippen molar-refractivity contribution in [2.45, 2.75) is 46.1 Å². The van der Waals surface area contributed by atoms with E-state index in [1.807, 2.05) is 37.4 Å². The lowest BCUT2D eigenvalue weighted by molar-refractivity contribution is 0.0987. The Hall–Kier alpha value is -2.59. The molecule has 0 unspecified atom stereocenters. The summed E-state index contributed by atoms with van der Waals surface area (Å²) in [6, 6.07) is 13.8. The van der Waals surface area contributed by atoms with Gasteiger partial charge in [-0.1, -0.05) is 24.1 Å². The summed E-state index contributed by atoms with van der Waals surface area (Å²) in [4.78, 5) is 20.0. The van der Waals surface area contributed by atoms with Gasteiger partial charge < -0.3 is 9.47 Å². The molecule has 0 bridgehead atoms. The van der Waals surface area contributed by atoms with E-state index in [1.54, 1.807) is 4.90 Å². The van der Waals surface area contributed by atoms with Gasteiger partial charge in [-0.3, -0.25) is 4.79 Å². The molecule has 5 heteroatoms. The van der Waals surface area contributed by atoms with Crippen LogP contribution >= 0.6 is 11.6 Å². The maximum Gasteiger partial charge on any atom is 0.278 e. The van der Waals surface area contributed by atoms with Gasteiger partial charge in [0.1, 0.15) is 5.82 Å². The van der Waals surface area contributed by atoms with Crippen LogP contribution in [-0.2, 0) is 13.0 Å². The van der Waals surface area contributed by atoms with Gasteiger partial charge in [-0.15, -0.1) is 0 Å². The molecule has 0 radical (unpaired) electrons. The summed E-state index contributed by atoms with van der Waals surface area (Å²) in [5.74, 6) is 0.800. The van der Waals surface area contributed by atoms with Crippen LogP contribution in [-0.4, -0.2) is 22.5 Å². The predicted octanol–water partition coefficient (Wildman–Crippen LogP) is 5.82. The Kier molecular flexibility index (Phi) is 5.46. The number of nitrogens with zero attached hydrogens (tertiary/aromatic N) is 3. The van der Waals surface area contributed by atoms with Gasteiger partial charge in [0.2, 0.25) is 0 Å². The number of aromatic nitrogens is 2. The minimum Gasteiger partial charge on any atom is -0.327 e. The van der Waals surface area contributed by atoms with E-state index in [1.165, 1.54) is 17.5 Å². The van der Waals surface area contributed by atoms with Crippen molar-refractivity contribution in [1.82, 2.24) is 9.55 Å². The first kappa shape index (κ1) is 19.7. The molecule has 29 heavy (non-hydrogen) atoms. The fraction of sp³-hybridized carbons (Fsp3) is 0.333. The molecule has 0 aliphatic carbocycles. The number of amides is 1. The van der Waals surface area contributed by atoms with Crippen LogP contribution in [0.15, 0.2) is 42.5 Å². The van der Waals surface area contributed by atoms with E-state index < -0.39 is 0 Å². The van der Waals surface area contributed by atoms with Crippen LogP contribution in [0.1, 0.15) is 46.6 Å². The predicted molar refractivity (Wildman–Crippen MR) is 119 cm³/mol. The Morgan fingerprint density at radius 2 is 1.79 bits per heavy atom. The molecule has 1 aromatic heterocycles. The summed E-state index contributed by atoms with van der Waals surface area (Å²) in [7, 11) is 1.83. The average molecular weight is 408 g/mol. The van der Waals surface area contributed by atoms with Crippen molar-refractivity contribution in [2.75, 3.05) is 11.9 Å². The highest BCUT2D eigenvalue weighted by Gasteiger charge is 2.26. The van der Waals surface area contributed by atoms with Crippen molar-refractivity contribution in [3.8, 4) is 11.4 Å². The maximum atomic E-state index is 13.5. The van der Waals surface area contributed by atoms with Gasteiger partial charge in [0.25, 0.3) is 5.91 Å². The zero-order chi connectivity index (χ0) is 20.5. The highest BCUT2D eigenvalue weighted by molar-refractivity contribution is 6.30. The van der Waals surface area contributed by atoms with Crippen molar-refractivity contribution in [1.29, 1.82) is 0 Å². The van der Waals surface area contributed by atoms with Crippen molar-refractivity contribution in [3.05, 3.63) is 70.0 Å². The lowest BCUT2D eigenvalue weighted by Crippen LogP contribution is -2.27. The third-order valence-electron chi connectivity index (χ3n) is 5.86. The van der Waals surface area contributed by atoms with E-state index in [0.29, 0.717) is 10.7 Å². The third-order valence-corrected chi connectivity index (χ3v) is 6.11. The Morgan fingerprint density at radius 3 is 2.52 bits per heavy atom. The van der Waals surface area contributed by atoms with Crippen molar-refractivity contribution in [2.24, 2.45) is 0 Å². The lowest BCUT2D eigenvalue weighted by Gasteiger charge is -2.18. The molecular formula is C24H26ClN3O. The number of rotatable bonds is 3. The number of halogens is 1. The van der Waals surface area contributed by atoms with Crippen molar-refractivity contribution >= 4 is 23.2 Å². The van der Waals surface area contributed by atoms with Crippen LogP contribution in [0.2, 0.25) is 5.02 Å². The molecule has 1 amide bonds. The maximum absolute atomic E-state index is 13.5. The lowest BCUT2D eigenvalue weighted by atomic mass is 10.1. The Bertz CT molecular complexity index is 1050. The summed E-state index contributed by atoms with van der Waals surface area (Å²) in [6.45, 7) is 5.04. The molecular weight excluding hydrogens is 382 g/mol. The van der Waals surface area contributed by atoms with Gasteiger partial charge >= 0.3 is 0 Å². The van der Waals surface area contributed by atoms with Crippen LogP contribution < -0.4 is 4.90 Å². The van der Waals surface area contributed by atoms with Gasteiger partial charge in [-0.2, -0.15) is 0 Å². The molecule has 150 valence electrons. The number of benzene rings is 2. The Balaban J connectivity index is 1.77.